The summed E-state index contributed by atoms with van der Waals surface area (Å²) in [6.45, 7) is 5.18. The number of aromatic nitrogens is 1. The molecule has 1 aliphatic carbocycles. The lowest BCUT2D eigenvalue weighted by molar-refractivity contribution is 0.0672. The molecule has 3 N–H and O–H groups in total. The van der Waals surface area contributed by atoms with Crippen molar-refractivity contribution in [1.82, 2.24) is 9.88 Å². The number of carbonyl (C=O) groups excluding carboxylic acids is 1. The summed E-state index contributed by atoms with van der Waals surface area (Å²) in [6.07, 6.45) is 7.30. The molecule has 1 aliphatic rings. The number of nitrogen functional groups attached to an aromatic ring is 1. The molecule has 2 rings (SSSR count). The fraction of sp³-hybridized carbons (Fsp3) is 0.625. The zero-order valence-electron chi connectivity index (χ0n) is 13.0. The van der Waals surface area contributed by atoms with E-state index in [0.29, 0.717) is 23.3 Å². The van der Waals surface area contributed by atoms with Gasteiger partial charge in [0.05, 0.1) is 5.56 Å². The number of hydrazine groups is 1. The van der Waals surface area contributed by atoms with Crippen molar-refractivity contribution in [2.75, 3.05) is 12.0 Å². The minimum absolute atomic E-state index is 0.0450. The van der Waals surface area contributed by atoms with E-state index in [4.69, 9.17) is 5.84 Å². The van der Waals surface area contributed by atoms with E-state index in [1.165, 1.54) is 12.8 Å². The lowest BCUT2D eigenvalue weighted by Gasteiger charge is -2.30. The lowest BCUT2D eigenvalue weighted by Crippen LogP contribution is -2.40. The fourth-order valence-electron chi connectivity index (χ4n) is 2.91. The monoisotopic (exact) mass is 290 g/mol. The zero-order chi connectivity index (χ0) is 15.2. The van der Waals surface area contributed by atoms with Gasteiger partial charge in [0.1, 0.15) is 0 Å². The Kier molecular flexibility index (Phi) is 5.56. The number of nitrogens with one attached hydrogen (secondary N) is 1. The van der Waals surface area contributed by atoms with Crippen LogP contribution in [0.3, 0.4) is 0 Å². The predicted octanol–water partition coefficient (Wildman–Crippen LogP) is 2.80. The van der Waals surface area contributed by atoms with Gasteiger partial charge in [-0.3, -0.25) is 4.79 Å². The summed E-state index contributed by atoms with van der Waals surface area (Å²) in [5.74, 6) is 6.57. The third-order valence-corrected chi connectivity index (χ3v) is 4.15. The molecule has 0 atom stereocenters. The van der Waals surface area contributed by atoms with Gasteiger partial charge in [0.15, 0.2) is 5.82 Å². The molecule has 1 fully saturated rings. The number of nitrogens with two attached hydrogens (primary N) is 1. The van der Waals surface area contributed by atoms with Gasteiger partial charge in [0.25, 0.3) is 5.91 Å². The SMILES string of the molecule is CC(C)CCN(C(=O)c1cccnc1NN)C1CCCC1. The van der Waals surface area contributed by atoms with Gasteiger partial charge in [-0.1, -0.05) is 26.7 Å². The number of carbonyl (C=O) groups is 1. The van der Waals surface area contributed by atoms with Gasteiger partial charge in [-0.15, -0.1) is 0 Å². The Morgan fingerprint density at radius 3 is 2.81 bits per heavy atom. The molecule has 21 heavy (non-hydrogen) atoms. The van der Waals surface area contributed by atoms with Gasteiger partial charge >= 0.3 is 0 Å². The summed E-state index contributed by atoms with van der Waals surface area (Å²) >= 11 is 0. The van der Waals surface area contributed by atoms with Crippen molar-refractivity contribution < 1.29 is 4.79 Å². The minimum atomic E-state index is 0.0450. The van der Waals surface area contributed by atoms with Crippen molar-refractivity contribution in [3.63, 3.8) is 0 Å². The average molecular weight is 290 g/mol. The third-order valence-electron chi connectivity index (χ3n) is 4.15. The largest absolute Gasteiger partial charge is 0.336 e. The van der Waals surface area contributed by atoms with Crippen LogP contribution in [0.4, 0.5) is 5.82 Å². The van der Waals surface area contributed by atoms with Crippen LogP contribution in [0.1, 0.15) is 56.3 Å². The van der Waals surface area contributed by atoms with Crippen molar-refractivity contribution in [1.29, 1.82) is 0 Å². The van der Waals surface area contributed by atoms with Crippen LogP contribution < -0.4 is 11.3 Å². The molecule has 0 aromatic carbocycles. The second kappa shape index (κ2) is 7.41. The van der Waals surface area contributed by atoms with Crippen LogP contribution in [0.25, 0.3) is 0 Å². The maximum absolute atomic E-state index is 12.9. The molecular formula is C16H26N4O. The fourth-order valence-corrected chi connectivity index (χ4v) is 2.91. The van der Waals surface area contributed by atoms with Crippen LogP contribution in [0, 0.1) is 5.92 Å². The van der Waals surface area contributed by atoms with Crippen LogP contribution in [0.2, 0.25) is 0 Å². The van der Waals surface area contributed by atoms with Crippen molar-refractivity contribution in [3.8, 4) is 0 Å². The summed E-state index contributed by atoms with van der Waals surface area (Å²) in [4.78, 5) is 19.1. The van der Waals surface area contributed by atoms with Crippen molar-refractivity contribution >= 4 is 11.7 Å². The number of anilines is 1. The number of nitrogens with zero attached hydrogens (tertiary/aromatic N) is 2. The van der Waals surface area contributed by atoms with E-state index >= 15 is 0 Å². The molecule has 0 unspecified atom stereocenters. The summed E-state index contributed by atoms with van der Waals surface area (Å²) in [6, 6.07) is 3.94. The van der Waals surface area contributed by atoms with E-state index in [0.717, 1.165) is 25.8 Å². The summed E-state index contributed by atoms with van der Waals surface area (Å²) in [5, 5.41) is 0. The maximum Gasteiger partial charge on any atom is 0.257 e. The molecule has 116 valence electrons. The maximum atomic E-state index is 12.9. The highest BCUT2D eigenvalue weighted by Crippen LogP contribution is 2.26. The Labute approximate surface area is 126 Å². The molecule has 0 saturated heterocycles. The molecule has 0 radical (unpaired) electrons. The molecule has 5 nitrogen and oxygen atoms in total. The quantitative estimate of drug-likeness (QED) is 0.624. The van der Waals surface area contributed by atoms with Gasteiger partial charge in [-0.2, -0.15) is 0 Å². The second-order valence-corrected chi connectivity index (χ2v) is 6.16. The topological polar surface area (TPSA) is 71.2 Å². The van der Waals surface area contributed by atoms with Gasteiger partial charge in [-0.05, 0) is 37.3 Å². The normalized spacial score (nSPS) is 15.4. The van der Waals surface area contributed by atoms with Gasteiger partial charge in [0.2, 0.25) is 0 Å². The van der Waals surface area contributed by atoms with Gasteiger partial charge in [0, 0.05) is 18.8 Å². The third kappa shape index (κ3) is 3.94. The minimum Gasteiger partial charge on any atom is -0.336 e. The first-order valence-corrected chi connectivity index (χ1v) is 7.86. The number of rotatable bonds is 6. The Morgan fingerprint density at radius 2 is 2.19 bits per heavy atom. The van der Waals surface area contributed by atoms with Crippen LogP contribution in [0.5, 0.6) is 0 Å². The van der Waals surface area contributed by atoms with Crippen molar-refractivity contribution in [2.45, 2.75) is 52.0 Å². The van der Waals surface area contributed by atoms with Crippen LogP contribution in [-0.4, -0.2) is 28.4 Å². The number of hydrogen-bond donors (Lipinski definition) is 2. The number of pyridine rings is 1. The van der Waals surface area contributed by atoms with E-state index in [1.807, 2.05) is 4.90 Å². The molecule has 0 spiro atoms. The smallest absolute Gasteiger partial charge is 0.257 e. The Balaban J connectivity index is 2.20. The molecule has 5 heteroatoms. The standard InChI is InChI=1S/C16H26N4O/c1-12(2)9-11-20(13-6-3-4-7-13)16(21)14-8-5-10-18-15(14)19-17/h5,8,10,12-13H,3-4,6-7,9,11,17H2,1-2H3,(H,18,19). The van der Waals surface area contributed by atoms with E-state index in [9.17, 15) is 4.79 Å². The summed E-state index contributed by atoms with van der Waals surface area (Å²) < 4.78 is 0. The van der Waals surface area contributed by atoms with Crippen molar-refractivity contribution in [3.05, 3.63) is 23.9 Å². The average Bonchev–Trinajstić information content (AvgIpc) is 3.01. The molecule has 1 heterocycles. The first kappa shape index (κ1) is 15.8. The summed E-state index contributed by atoms with van der Waals surface area (Å²) in [7, 11) is 0. The van der Waals surface area contributed by atoms with Gasteiger partial charge in [-0.25, -0.2) is 10.8 Å². The Hall–Kier alpha value is -1.62. The predicted molar refractivity (Wildman–Crippen MR) is 84.8 cm³/mol. The molecule has 1 saturated carbocycles. The lowest BCUT2D eigenvalue weighted by atomic mass is 10.1. The first-order chi connectivity index (χ1) is 10.1. The molecule has 1 aromatic rings. The molecule has 1 amide bonds. The zero-order valence-corrected chi connectivity index (χ0v) is 13.0. The van der Waals surface area contributed by atoms with E-state index in [2.05, 4.69) is 24.3 Å². The highest BCUT2D eigenvalue weighted by Gasteiger charge is 2.28. The Bertz CT molecular complexity index is 469. The highest BCUT2D eigenvalue weighted by molar-refractivity contribution is 5.98. The molecule has 0 aliphatic heterocycles. The Morgan fingerprint density at radius 1 is 1.48 bits per heavy atom. The molecule has 1 aromatic heterocycles. The number of hydrogen-bond acceptors (Lipinski definition) is 4. The first-order valence-electron chi connectivity index (χ1n) is 7.86. The second-order valence-electron chi connectivity index (χ2n) is 6.16. The molecule has 0 bridgehead atoms. The van der Waals surface area contributed by atoms with Gasteiger partial charge < -0.3 is 10.3 Å². The molecular weight excluding hydrogens is 264 g/mol. The summed E-state index contributed by atoms with van der Waals surface area (Å²) in [5.41, 5.74) is 3.09. The van der Waals surface area contributed by atoms with Crippen LogP contribution >= 0.6 is 0 Å². The van der Waals surface area contributed by atoms with E-state index in [1.54, 1.807) is 18.3 Å². The van der Waals surface area contributed by atoms with E-state index < -0.39 is 0 Å². The highest BCUT2D eigenvalue weighted by atomic mass is 16.2. The van der Waals surface area contributed by atoms with E-state index in [-0.39, 0.29) is 5.91 Å². The number of amides is 1. The van der Waals surface area contributed by atoms with Crippen LogP contribution in [0.15, 0.2) is 18.3 Å². The van der Waals surface area contributed by atoms with Crippen LogP contribution in [-0.2, 0) is 0 Å². The van der Waals surface area contributed by atoms with Crippen molar-refractivity contribution in [2.24, 2.45) is 11.8 Å².